The smallest absolute Gasteiger partial charge is 0.322 e. The van der Waals surface area contributed by atoms with Crippen molar-refractivity contribution in [2.24, 2.45) is 10.2 Å². The first-order chi connectivity index (χ1) is 11.5. The number of nitrogens with zero attached hydrogens (tertiary/aromatic N) is 2. The van der Waals surface area contributed by atoms with E-state index in [-0.39, 0.29) is 6.42 Å². The zero-order valence-corrected chi connectivity index (χ0v) is 13.8. The summed E-state index contributed by atoms with van der Waals surface area (Å²) < 4.78 is 0. The standard InChI is InChI=1S/C14H12ClN5O3S/c15-8-3-1-7(2-4-8)10-6-24-14(20-19-10)18-12(22)9-5-11(21)17-13(23)16-9/h1-4,9H,5-6H2,(H,18,20,22)(H2,16,17,21,23). The van der Waals surface area contributed by atoms with Gasteiger partial charge in [0.25, 0.3) is 0 Å². The van der Waals surface area contributed by atoms with E-state index < -0.39 is 23.9 Å². The number of rotatable bonds is 2. The van der Waals surface area contributed by atoms with Crippen LogP contribution in [-0.2, 0) is 9.59 Å². The number of halogens is 1. The van der Waals surface area contributed by atoms with Gasteiger partial charge in [0.2, 0.25) is 11.8 Å². The van der Waals surface area contributed by atoms with Crippen LogP contribution in [0, 0.1) is 0 Å². The molecule has 1 atom stereocenters. The van der Waals surface area contributed by atoms with Gasteiger partial charge in [-0.3, -0.25) is 14.9 Å². The minimum atomic E-state index is -0.920. The third-order valence-corrected chi connectivity index (χ3v) is 4.41. The molecule has 8 nitrogen and oxygen atoms in total. The van der Waals surface area contributed by atoms with Crippen LogP contribution in [0.25, 0.3) is 0 Å². The molecular formula is C14H12ClN5O3S. The van der Waals surface area contributed by atoms with Gasteiger partial charge in [-0.1, -0.05) is 35.5 Å². The number of amidine groups is 1. The summed E-state index contributed by atoms with van der Waals surface area (Å²) in [5, 5.41) is 16.0. The second kappa shape index (κ2) is 7.02. The molecule has 24 heavy (non-hydrogen) atoms. The van der Waals surface area contributed by atoms with Crippen molar-refractivity contribution in [3.05, 3.63) is 34.9 Å². The van der Waals surface area contributed by atoms with Crippen molar-refractivity contribution in [2.45, 2.75) is 12.5 Å². The van der Waals surface area contributed by atoms with E-state index in [1.807, 2.05) is 12.1 Å². The Morgan fingerprint density at radius 3 is 2.62 bits per heavy atom. The molecule has 2 aliphatic heterocycles. The SMILES string of the molecule is O=C1CC(C(=O)NC2=NN=C(c3ccc(Cl)cc3)CS2)NC(=O)N1. The van der Waals surface area contributed by atoms with E-state index in [4.69, 9.17) is 11.6 Å². The van der Waals surface area contributed by atoms with Crippen LogP contribution in [0.15, 0.2) is 34.5 Å². The summed E-state index contributed by atoms with van der Waals surface area (Å²) in [6.07, 6.45) is -0.116. The van der Waals surface area contributed by atoms with Gasteiger partial charge in [-0.05, 0) is 17.7 Å². The zero-order valence-electron chi connectivity index (χ0n) is 12.2. The zero-order chi connectivity index (χ0) is 17.1. The average Bonchev–Trinajstić information content (AvgIpc) is 2.55. The number of carbonyl (C=O) groups excluding carboxylic acids is 3. The van der Waals surface area contributed by atoms with Crippen molar-refractivity contribution in [2.75, 3.05) is 5.75 Å². The molecule has 3 N–H and O–H groups in total. The second-order valence-corrected chi connectivity index (χ2v) is 6.42. The predicted octanol–water partition coefficient (Wildman–Crippen LogP) is 0.861. The highest BCUT2D eigenvalue weighted by molar-refractivity contribution is 8.14. The molecule has 4 amide bonds. The molecular weight excluding hydrogens is 354 g/mol. The fourth-order valence-corrected chi connectivity index (χ4v) is 3.00. The third-order valence-electron chi connectivity index (χ3n) is 3.28. The predicted molar refractivity (Wildman–Crippen MR) is 91.1 cm³/mol. The number of benzene rings is 1. The lowest BCUT2D eigenvalue weighted by Gasteiger charge is -2.22. The van der Waals surface area contributed by atoms with Crippen LogP contribution < -0.4 is 16.0 Å². The van der Waals surface area contributed by atoms with Crippen LogP contribution in [-0.4, -0.2) is 40.5 Å². The van der Waals surface area contributed by atoms with E-state index in [1.165, 1.54) is 11.8 Å². The summed E-state index contributed by atoms with van der Waals surface area (Å²) in [7, 11) is 0. The highest BCUT2D eigenvalue weighted by Crippen LogP contribution is 2.17. The first-order valence-electron chi connectivity index (χ1n) is 6.96. The summed E-state index contributed by atoms with van der Waals surface area (Å²) >= 11 is 7.15. The van der Waals surface area contributed by atoms with Crippen LogP contribution in [0.2, 0.25) is 5.02 Å². The average molecular weight is 366 g/mol. The second-order valence-electron chi connectivity index (χ2n) is 5.02. The Morgan fingerprint density at radius 1 is 1.25 bits per heavy atom. The van der Waals surface area contributed by atoms with Gasteiger partial charge in [0.15, 0.2) is 5.17 Å². The molecule has 1 saturated heterocycles. The Labute approximate surface area is 146 Å². The molecule has 0 spiro atoms. The first kappa shape index (κ1) is 16.5. The number of imide groups is 1. The Hall–Kier alpha value is -2.39. The number of hydrogen-bond acceptors (Lipinski definition) is 6. The topological polar surface area (TPSA) is 112 Å². The minimum Gasteiger partial charge on any atom is -0.325 e. The molecule has 0 radical (unpaired) electrons. The van der Waals surface area contributed by atoms with E-state index in [9.17, 15) is 14.4 Å². The number of carbonyl (C=O) groups is 3. The Kier molecular flexibility index (Phi) is 4.81. The van der Waals surface area contributed by atoms with E-state index in [1.54, 1.807) is 12.1 Å². The summed E-state index contributed by atoms with van der Waals surface area (Å²) in [6, 6.07) is 5.61. The lowest BCUT2D eigenvalue weighted by molar-refractivity contribution is -0.128. The van der Waals surface area contributed by atoms with E-state index >= 15 is 0 Å². The molecule has 2 aliphatic rings. The quantitative estimate of drug-likeness (QED) is 0.721. The molecule has 1 aromatic rings. The number of nitrogens with one attached hydrogen (secondary N) is 3. The van der Waals surface area contributed by atoms with Gasteiger partial charge in [0, 0.05) is 10.8 Å². The van der Waals surface area contributed by atoms with E-state index in [0.717, 1.165) is 11.3 Å². The van der Waals surface area contributed by atoms with Crippen LogP contribution >= 0.6 is 23.4 Å². The van der Waals surface area contributed by atoms with E-state index in [0.29, 0.717) is 15.9 Å². The van der Waals surface area contributed by atoms with Gasteiger partial charge in [0.1, 0.15) is 6.04 Å². The normalized spacial score (nSPS) is 20.5. The Bertz CT molecular complexity index is 746. The summed E-state index contributed by atoms with van der Waals surface area (Å²) in [4.78, 5) is 34.6. The third kappa shape index (κ3) is 3.92. The monoisotopic (exact) mass is 365 g/mol. The lowest BCUT2D eigenvalue weighted by atomic mass is 10.1. The van der Waals surface area contributed by atoms with Gasteiger partial charge in [-0.25, -0.2) is 4.79 Å². The maximum Gasteiger partial charge on any atom is 0.322 e. The van der Waals surface area contributed by atoms with Crippen molar-refractivity contribution in [1.29, 1.82) is 0 Å². The van der Waals surface area contributed by atoms with Crippen LogP contribution in [0.1, 0.15) is 12.0 Å². The molecule has 2 heterocycles. The highest BCUT2D eigenvalue weighted by Gasteiger charge is 2.30. The maximum absolute atomic E-state index is 12.1. The summed E-state index contributed by atoms with van der Waals surface area (Å²) in [5.41, 5.74) is 1.66. The van der Waals surface area contributed by atoms with Crippen molar-refractivity contribution in [3.8, 4) is 0 Å². The molecule has 124 valence electrons. The number of thioether (sulfide) groups is 1. The molecule has 3 rings (SSSR count). The maximum atomic E-state index is 12.1. The Balaban J connectivity index is 1.64. The molecule has 0 saturated carbocycles. The lowest BCUT2D eigenvalue weighted by Crippen LogP contribution is -2.58. The largest absolute Gasteiger partial charge is 0.325 e. The van der Waals surface area contributed by atoms with Gasteiger partial charge in [-0.15, -0.1) is 5.10 Å². The fraction of sp³-hybridized carbons (Fsp3) is 0.214. The van der Waals surface area contributed by atoms with Gasteiger partial charge >= 0.3 is 6.03 Å². The fourth-order valence-electron chi connectivity index (χ4n) is 2.10. The van der Waals surface area contributed by atoms with E-state index in [2.05, 4.69) is 26.2 Å². The Morgan fingerprint density at radius 2 is 2.00 bits per heavy atom. The number of hydrogen-bond donors (Lipinski definition) is 3. The number of urea groups is 1. The van der Waals surface area contributed by atoms with Gasteiger partial charge in [0.05, 0.1) is 12.1 Å². The molecule has 1 fully saturated rings. The molecule has 0 aromatic heterocycles. The van der Waals surface area contributed by atoms with Gasteiger partial charge < -0.3 is 10.6 Å². The minimum absolute atomic E-state index is 0.116. The van der Waals surface area contributed by atoms with Crippen LogP contribution in [0.4, 0.5) is 4.79 Å². The van der Waals surface area contributed by atoms with Crippen molar-refractivity contribution < 1.29 is 14.4 Å². The number of amides is 4. The van der Waals surface area contributed by atoms with Gasteiger partial charge in [-0.2, -0.15) is 5.10 Å². The van der Waals surface area contributed by atoms with Crippen LogP contribution in [0.5, 0.6) is 0 Å². The van der Waals surface area contributed by atoms with Crippen molar-refractivity contribution in [1.82, 2.24) is 16.0 Å². The van der Waals surface area contributed by atoms with Crippen molar-refractivity contribution in [3.63, 3.8) is 0 Å². The first-order valence-corrected chi connectivity index (χ1v) is 8.32. The molecule has 0 aliphatic carbocycles. The van der Waals surface area contributed by atoms with Crippen LogP contribution in [0.3, 0.4) is 0 Å². The molecule has 1 unspecified atom stereocenters. The summed E-state index contributed by atoms with van der Waals surface area (Å²) in [5.74, 6) is -0.479. The molecule has 1 aromatic carbocycles. The van der Waals surface area contributed by atoms with Crippen molar-refractivity contribution >= 4 is 52.1 Å². The molecule has 10 heteroatoms. The highest BCUT2D eigenvalue weighted by atomic mass is 35.5. The summed E-state index contributed by atoms with van der Waals surface area (Å²) in [6.45, 7) is 0. The molecule has 0 bridgehead atoms.